The van der Waals surface area contributed by atoms with Crippen LogP contribution >= 0.6 is 0 Å². The lowest BCUT2D eigenvalue weighted by atomic mass is 10.2. The first-order valence-electron chi connectivity index (χ1n) is 6.48. The van der Waals surface area contributed by atoms with E-state index >= 15 is 0 Å². The molecule has 0 saturated heterocycles. The van der Waals surface area contributed by atoms with Gasteiger partial charge >= 0.3 is 0 Å². The van der Waals surface area contributed by atoms with Gasteiger partial charge in [-0.2, -0.15) is 5.10 Å². The monoisotopic (exact) mass is 300 g/mol. The molecule has 0 aliphatic carbocycles. The van der Waals surface area contributed by atoms with Gasteiger partial charge in [-0.05, 0) is 42.0 Å². The summed E-state index contributed by atoms with van der Waals surface area (Å²) >= 11 is 0. The Labute approximate surface area is 128 Å². The van der Waals surface area contributed by atoms with Gasteiger partial charge in [0.1, 0.15) is 5.75 Å². The molecule has 0 spiro atoms. The molecule has 2 aromatic rings. The molecule has 0 aromatic heterocycles. The van der Waals surface area contributed by atoms with Gasteiger partial charge in [-0.15, -0.1) is 0 Å². The number of hydrazone groups is 1. The van der Waals surface area contributed by atoms with Gasteiger partial charge in [-0.3, -0.25) is 4.79 Å². The van der Waals surface area contributed by atoms with E-state index in [9.17, 15) is 9.90 Å². The molecule has 0 heterocycles. The second-order valence-electron chi connectivity index (χ2n) is 4.36. The number of aromatic hydroxyl groups is 1. The molecule has 0 fully saturated rings. The van der Waals surface area contributed by atoms with Crippen LogP contribution in [0.15, 0.2) is 47.6 Å². The number of methoxy groups -OCH3 is 2. The van der Waals surface area contributed by atoms with Gasteiger partial charge in [0.2, 0.25) is 0 Å². The Bertz CT molecular complexity index is 698. The van der Waals surface area contributed by atoms with E-state index < -0.39 is 0 Å². The Balaban J connectivity index is 2.02. The minimum absolute atomic E-state index is 0.00516. The molecule has 0 radical (unpaired) electrons. The number of carbonyl (C=O) groups is 1. The second-order valence-corrected chi connectivity index (χ2v) is 4.36. The van der Waals surface area contributed by atoms with Crippen molar-refractivity contribution < 1.29 is 19.4 Å². The maximum Gasteiger partial charge on any atom is 0.271 e. The number of hydrogen-bond donors (Lipinski definition) is 2. The highest BCUT2D eigenvalue weighted by molar-refractivity contribution is 5.95. The average molecular weight is 300 g/mol. The number of nitrogens with zero attached hydrogens (tertiary/aromatic N) is 1. The van der Waals surface area contributed by atoms with Crippen LogP contribution in [0.2, 0.25) is 0 Å². The van der Waals surface area contributed by atoms with E-state index in [4.69, 9.17) is 9.47 Å². The van der Waals surface area contributed by atoms with Gasteiger partial charge in [0, 0.05) is 5.56 Å². The minimum Gasteiger partial charge on any atom is -0.504 e. The van der Waals surface area contributed by atoms with Crippen molar-refractivity contribution in [3.8, 4) is 17.2 Å². The number of phenolic OH excluding ortho intramolecular Hbond substituents is 1. The summed E-state index contributed by atoms with van der Waals surface area (Å²) in [4.78, 5) is 11.9. The summed E-state index contributed by atoms with van der Waals surface area (Å²) in [5.41, 5.74) is 3.48. The van der Waals surface area contributed by atoms with Gasteiger partial charge in [0.15, 0.2) is 11.5 Å². The quantitative estimate of drug-likeness (QED) is 0.655. The Morgan fingerprint density at radius 1 is 1.18 bits per heavy atom. The standard InChI is InChI=1S/C16H16N2O4/c1-21-13-5-3-4-12(9-13)16(20)18-17-10-11-6-7-15(22-2)14(19)8-11/h3-10,19H,1-2H3,(H,18,20)/b17-10-. The predicted octanol–water partition coefficient (Wildman–Crippen LogP) is 2.17. The molecular weight excluding hydrogens is 284 g/mol. The van der Waals surface area contributed by atoms with E-state index in [0.717, 1.165) is 0 Å². The third-order valence-electron chi connectivity index (χ3n) is 2.91. The van der Waals surface area contributed by atoms with Gasteiger partial charge in [-0.25, -0.2) is 5.43 Å². The SMILES string of the molecule is COc1cccc(C(=O)N/N=C\c2ccc(OC)c(O)c2)c1. The first kappa shape index (κ1) is 15.4. The summed E-state index contributed by atoms with van der Waals surface area (Å²) in [6.45, 7) is 0. The fraction of sp³-hybridized carbons (Fsp3) is 0.125. The summed E-state index contributed by atoms with van der Waals surface area (Å²) in [5, 5.41) is 13.5. The highest BCUT2D eigenvalue weighted by atomic mass is 16.5. The van der Waals surface area contributed by atoms with E-state index in [0.29, 0.717) is 22.6 Å². The summed E-state index contributed by atoms with van der Waals surface area (Å²) in [7, 11) is 3.00. The molecule has 0 bridgehead atoms. The summed E-state index contributed by atoms with van der Waals surface area (Å²) in [5.74, 6) is 0.618. The molecule has 2 rings (SSSR count). The van der Waals surface area contributed by atoms with Crippen LogP contribution < -0.4 is 14.9 Å². The maximum atomic E-state index is 11.9. The number of benzene rings is 2. The van der Waals surface area contributed by atoms with Crippen LogP contribution in [0, 0.1) is 0 Å². The molecule has 0 saturated carbocycles. The van der Waals surface area contributed by atoms with E-state index in [-0.39, 0.29) is 11.7 Å². The molecular formula is C16H16N2O4. The molecule has 0 unspecified atom stereocenters. The number of carbonyl (C=O) groups excluding carboxylic acids is 1. The Kier molecular flexibility index (Phi) is 4.98. The largest absolute Gasteiger partial charge is 0.504 e. The zero-order valence-corrected chi connectivity index (χ0v) is 12.2. The molecule has 6 heteroatoms. The normalized spacial score (nSPS) is 10.5. The summed E-state index contributed by atoms with van der Waals surface area (Å²) < 4.78 is 10.0. The molecule has 6 nitrogen and oxygen atoms in total. The van der Waals surface area contributed by atoms with Gasteiger partial charge in [0.25, 0.3) is 5.91 Å². The lowest BCUT2D eigenvalue weighted by molar-refractivity contribution is 0.0955. The molecule has 114 valence electrons. The topological polar surface area (TPSA) is 80.2 Å². The van der Waals surface area contributed by atoms with Gasteiger partial charge in [-0.1, -0.05) is 6.07 Å². The van der Waals surface area contributed by atoms with Crippen molar-refractivity contribution in [2.75, 3.05) is 14.2 Å². The molecule has 0 aliphatic heterocycles. The fourth-order valence-corrected chi connectivity index (χ4v) is 1.78. The van der Waals surface area contributed by atoms with Crippen LogP contribution in [0.25, 0.3) is 0 Å². The van der Waals surface area contributed by atoms with Crippen LogP contribution in [0.5, 0.6) is 17.2 Å². The fourth-order valence-electron chi connectivity index (χ4n) is 1.78. The van der Waals surface area contributed by atoms with Gasteiger partial charge in [0.05, 0.1) is 20.4 Å². The van der Waals surface area contributed by atoms with Crippen LogP contribution in [0.4, 0.5) is 0 Å². The van der Waals surface area contributed by atoms with Crippen molar-refractivity contribution in [2.45, 2.75) is 0 Å². The highest BCUT2D eigenvalue weighted by Gasteiger charge is 2.05. The molecule has 22 heavy (non-hydrogen) atoms. The van der Waals surface area contributed by atoms with Crippen molar-refractivity contribution in [1.82, 2.24) is 5.43 Å². The Hall–Kier alpha value is -3.02. The molecule has 0 atom stereocenters. The third kappa shape index (κ3) is 3.76. The summed E-state index contributed by atoms with van der Waals surface area (Å²) in [6, 6.07) is 11.6. The van der Waals surface area contributed by atoms with Crippen LogP contribution in [0.3, 0.4) is 0 Å². The zero-order chi connectivity index (χ0) is 15.9. The molecule has 2 aromatic carbocycles. The van der Waals surface area contributed by atoms with Crippen molar-refractivity contribution in [2.24, 2.45) is 5.10 Å². The number of ether oxygens (including phenoxy) is 2. The van der Waals surface area contributed by atoms with Crippen molar-refractivity contribution in [1.29, 1.82) is 0 Å². The van der Waals surface area contributed by atoms with Gasteiger partial charge < -0.3 is 14.6 Å². The number of rotatable bonds is 5. The smallest absolute Gasteiger partial charge is 0.271 e. The second kappa shape index (κ2) is 7.12. The lowest BCUT2D eigenvalue weighted by Gasteiger charge is -2.04. The molecule has 1 amide bonds. The highest BCUT2D eigenvalue weighted by Crippen LogP contribution is 2.25. The number of hydrogen-bond acceptors (Lipinski definition) is 5. The number of nitrogens with one attached hydrogen (secondary N) is 1. The zero-order valence-electron chi connectivity index (χ0n) is 12.2. The Morgan fingerprint density at radius 3 is 2.68 bits per heavy atom. The lowest BCUT2D eigenvalue weighted by Crippen LogP contribution is -2.17. The van der Waals surface area contributed by atoms with E-state index in [2.05, 4.69) is 10.5 Å². The van der Waals surface area contributed by atoms with Crippen molar-refractivity contribution in [3.05, 3.63) is 53.6 Å². The van der Waals surface area contributed by atoms with Crippen LogP contribution in [0.1, 0.15) is 15.9 Å². The first-order chi connectivity index (χ1) is 10.6. The third-order valence-corrected chi connectivity index (χ3v) is 2.91. The van der Waals surface area contributed by atoms with Crippen LogP contribution in [-0.2, 0) is 0 Å². The van der Waals surface area contributed by atoms with E-state index in [1.54, 1.807) is 36.4 Å². The van der Waals surface area contributed by atoms with E-state index in [1.165, 1.54) is 26.5 Å². The summed E-state index contributed by atoms with van der Waals surface area (Å²) in [6.07, 6.45) is 1.43. The van der Waals surface area contributed by atoms with Crippen LogP contribution in [-0.4, -0.2) is 31.4 Å². The molecule has 2 N–H and O–H groups in total. The number of amides is 1. The minimum atomic E-state index is -0.354. The maximum absolute atomic E-state index is 11.9. The van der Waals surface area contributed by atoms with Crippen molar-refractivity contribution in [3.63, 3.8) is 0 Å². The van der Waals surface area contributed by atoms with Crippen molar-refractivity contribution >= 4 is 12.1 Å². The number of phenols is 1. The Morgan fingerprint density at radius 2 is 2.00 bits per heavy atom. The average Bonchev–Trinajstić information content (AvgIpc) is 2.55. The van der Waals surface area contributed by atoms with E-state index in [1.807, 2.05) is 0 Å². The molecule has 0 aliphatic rings. The predicted molar refractivity (Wildman–Crippen MR) is 82.7 cm³/mol. The first-order valence-corrected chi connectivity index (χ1v) is 6.48.